The van der Waals surface area contributed by atoms with Crippen LogP contribution in [0.1, 0.15) is 46.8 Å². The fraction of sp³-hybridized carbons (Fsp3) is 0.221. The van der Waals surface area contributed by atoms with Gasteiger partial charge in [0.1, 0.15) is 76.1 Å². The van der Waals surface area contributed by atoms with Crippen molar-refractivity contribution < 1.29 is 113 Å². The molecule has 4 unspecified atom stereocenters. The van der Waals surface area contributed by atoms with Gasteiger partial charge in [-0.3, -0.25) is 15.0 Å². The van der Waals surface area contributed by atoms with E-state index >= 15 is 17.6 Å². The zero-order valence-electron chi connectivity index (χ0n) is 51.6. The number of pyridine rings is 3. The fourth-order valence-corrected chi connectivity index (χ4v) is 10.00. The summed E-state index contributed by atoms with van der Waals surface area (Å²) >= 11 is 3.10. The second-order valence-corrected chi connectivity index (χ2v) is 23.1. The number of halogens is 19. The molecule has 13 nitrogen and oxygen atoms in total. The molecule has 3 N–H and O–H groups in total. The van der Waals surface area contributed by atoms with Gasteiger partial charge in [0.05, 0.1) is 19.8 Å². The van der Waals surface area contributed by atoms with Crippen molar-refractivity contribution in [3.05, 3.63) is 274 Å². The zero-order valence-corrected chi connectivity index (χ0v) is 54.6. The Morgan fingerprint density at radius 1 is 0.520 bits per heavy atom. The number of rotatable bonds is 18. The first-order valence-corrected chi connectivity index (χ1v) is 29.7. The molecule has 0 aliphatic carbocycles. The molecular weight excluding hydrogens is 1480 g/mol. The van der Waals surface area contributed by atoms with Crippen LogP contribution in [0.4, 0.5) is 79.0 Å². The summed E-state index contributed by atoms with van der Waals surface area (Å²) in [7, 11) is -1.35. The Labute approximate surface area is 580 Å². The Kier molecular flexibility index (Phi) is 25.3. The number of benzene rings is 6. The van der Waals surface area contributed by atoms with E-state index < -0.39 is 144 Å². The van der Waals surface area contributed by atoms with E-state index in [4.69, 9.17) is 19.5 Å². The Morgan fingerprint density at radius 3 is 1.27 bits per heavy atom. The summed E-state index contributed by atoms with van der Waals surface area (Å²) < 4.78 is 267. The standard InChI is InChI=1S/C24H17F7N4O2.C22H14F7NO2.C14H8BrF4NO.C7H9BO2.CH4.H3P/c25-17-4-7-19(20(26)9-17)22(36,11-35-14-32-13-34-35)24(30,31)21-8-3-16(10-33-21)15-1-5-18(6-2-15)37-12-23(27,28)29;23-15-4-7-17(18(24)9-15)20(11-32-20)22(28,29)19-8-3-14(10-30-19)13-1-5-16(6-2-13)31-12-21(25,26)27;15-8-1-4-12(20-6-8)14(18,19)13(7-21-13)10-3-2-9(16)5-11(10)17;1-6-2-4-7(5-3-6)8(9)10;;/h1-10,13-14,36H,11-12H2;1-10H,11-12H2;1-6H,7H2;2-5,9-10H,1H3;1H4;1H3. The van der Waals surface area contributed by atoms with E-state index in [9.17, 15) is 66.6 Å². The molecule has 4 aromatic heterocycles. The van der Waals surface area contributed by atoms with Gasteiger partial charge >= 0.3 is 37.2 Å². The molecule has 0 saturated carbocycles. The molecular formula is C68H55BBrF18N6O7P. The lowest BCUT2D eigenvalue weighted by molar-refractivity contribution is -0.207. The van der Waals surface area contributed by atoms with Crippen LogP contribution in [0.3, 0.4) is 0 Å². The van der Waals surface area contributed by atoms with Gasteiger partial charge in [-0.05, 0) is 124 Å². The first kappa shape index (κ1) is 80.3. The van der Waals surface area contributed by atoms with Crippen LogP contribution in [0.2, 0.25) is 0 Å². The lowest BCUT2D eigenvalue weighted by atomic mass is 9.80. The normalized spacial score (nSPS) is 16.1. The van der Waals surface area contributed by atoms with Crippen molar-refractivity contribution in [2.24, 2.45) is 0 Å². The highest BCUT2D eigenvalue weighted by molar-refractivity contribution is 9.10. The summed E-state index contributed by atoms with van der Waals surface area (Å²) in [5, 5.41) is 32.2. The number of ether oxygens (including phenoxy) is 4. The van der Waals surface area contributed by atoms with E-state index in [1.807, 2.05) is 19.1 Å². The van der Waals surface area contributed by atoms with Crippen LogP contribution in [0.15, 0.2) is 200 Å². The van der Waals surface area contributed by atoms with Gasteiger partial charge in [-0.1, -0.05) is 73.7 Å². The van der Waals surface area contributed by atoms with Crippen molar-refractivity contribution in [3.8, 4) is 33.8 Å². The van der Waals surface area contributed by atoms with Gasteiger partial charge in [0.15, 0.2) is 30.0 Å². The molecule has 12 rings (SSSR count). The van der Waals surface area contributed by atoms with Crippen molar-refractivity contribution >= 4 is 38.4 Å². The maximum Gasteiger partial charge on any atom is 0.488 e. The van der Waals surface area contributed by atoms with Crippen LogP contribution in [0.25, 0.3) is 22.3 Å². The van der Waals surface area contributed by atoms with Crippen LogP contribution < -0.4 is 14.9 Å². The van der Waals surface area contributed by atoms with Gasteiger partial charge in [-0.25, -0.2) is 36.0 Å². The van der Waals surface area contributed by atoms with E-state index in [-0.39, 0.29) is 41.0 Å². The molecule has 102 heavy (non-hydrogen) atoms. The molecule has 34 heteroatoms. The number of nitrogens with zero attached hydrogens (tertiary/aromatic N) is 6. The number of epoxide rings is 2. The van der Waals surface area contributed by atoms with Crippen LogP contribution >= 0.6 is 25.8 Å². The van der Waals surface area contributed by atoms with Crippen molar-refractivity contribution in [1.82, 2.24) is 29.7 Å². The number of hydrogen-bond acceptors (Lipinski definition) is 12. The largest absolute Gasteiger partial charge is 0.488 e. The molecule has 540 valence electrons. The molecule has 0 amide bonds. The van der Waals surface area contributed by atoms with Crippen LogP contribution in [-0.2, 0) is 50.6 Å². The molecule has 10 aromatic rings. The first-order chi connectivity index (χ1) is 47.0. The van der Waals surface area contributed by atoms with E-state index in [1.54, 1.807) is 12.1 Å². The van der Waals surface area contributed by atoms with Gasteiger partial charge in [0.2, 0.25) is 0 Å². The summed E-state index contributed by atoms with van der Waals surface area (Å²) in [4.78, 5) is 14.8. The Hall–Kier alpha value is -8.98. The van der Waals surface area contributed by atoms with Crippen molar-refractivity contribution in [3.63, 3.8) is 0 Å². The number of aryl methyl sites for hydroxylation is 1. The molecule has 2 aliphatic rings. The monoisotopic (exact) mass is 1530 g/mol. The molecule has 2 aliphatic heterocycles. The smallest absolute Gasteiger partial charge is 0.484 e. The highest BCUT2D eigenvalue weighted by Crippen LogP contribution is 2.58. The molecule has 0 bridgehead atoms. The van der Waals surface area contributed by atoms with Crippen molar-refractivity contribution in [1.29, 1.82) is 0 Å². The third-order valence-corrected chi connectivity index (χ3v) is 15.6. The second-order valence-electron chi connectivity index (χ2n) is 22.1. The van der Waals surface area contributed by atoms with Gasteiger partial charge in [-0.15, -0.1) is 0 Å². The van der Waals surface area contributed by atoms with Crippen LogP contribution in [0.5, 0.6) is 11.5 Å². The molecule has 6 aromatic carbocycles. The number of hydrogen-bond donors (Lipinski definition) is 3. The van der Waals surface area contributed by atoms with Crippen LogP contribution in [0, 0.1) is 41.8 Å². The number of aromatic nitrogens is 6. The van der Waals surface area contributed by atoms with Gasteiger partial charge in [0.25, 0.3) is 0 Å². The minimum absolute atomic E-state index is 0. The zero-order chi connectivity index (χ0) is 72.8. The first-order valence-electron chi connectivity index (χ1n) is 28.9. The third-order valence-electron chi connectivity index (χ3n) is 15.1. The Morgan fingerprint density at radius 2 is 0.922 bits per heavy atom. The summed E-state index contributed by atoms with van der Waals surface area (Å²) in [5.74, 6) is -17.9. The van der Waals surface area contributed by atoms with Crippen LogP contribution in [-0.4, -0.2) is 90.8 Å². The number of alkyl halides is 12. The molecule has 0 radical (unpaired) electrons. The highest BCUT2D eigenvalue weighted by Gasteiger charge is 2.69. The second kappa shape index (κ2) is 32.1. The van der Waals surface area contributed by atoms with Gasteiger partial charge < -0.3 is 34.1 Å². The quantitative estimate of drug-likeness (QED) is 0.0322. The molecule has 6 heterocycles. The van der Waals surface area contributed by atoms with E-state index in [0.717, 1.165) is 83.8 Å². The molecule has 0 spiro atoms. The van der Waals surface area contributed by atoms with Gasteiger partial charge in [-0.2, -0.15) is 67.7 Å². The molecule has 2 saturated heterocycles. The predicted octanol–water partition coefficient (Wildman–Crippen LogP) is 15.7. The highest BCUT2D eigenvalue weighted by atomic mass is 79.9. The SMILES string of the molecule is C.Cc1ccc(B(O)O)cc1.Fc1ccc(C2(C(F)(F)c3ccc(-c4ccc(OCC(F)(F)F)cc4)cn3)CO2)c(F)c1.Fc1ccc(C2(C(F)(F)c3ccc(Br)cn3)CO2)c(F)c1.OC(Cn1cncn1)(c1ccc(F)cc1F)C(F)(F)c1ccc(-c2ccc(OCC(F)(F)F)cc2)cn1.P. The molecule has 4 atom stereocenters. The average Bonchev–Trinajstić information content (AvgIpc) is 1.56. The predicted molar refractivity (Wildman–Crippen MR) is 343 cm³/mol. The van der Waals surface area contributed by atoms with Crippen molar-refractivity contribution in [2.75, 3.05) is 26.4 Å². The minimum atomic E-state index is -4.50. The van der Waals surface area contributed by atoms with E-state index in [0.29, 0.717) is 56.5 Å². The van der Waals surface area contributed by atoms with E-state index in [2.05, 4.69) is 50.4 Å². The summed E-state index contributed by atoms with van der Waals surface area (Å²) in [6, 6.07) is 31.7. The van der Waals surface area contributed by atoms with Crippen molar-refractivity contribution in [2.45, 2.75) is 67.8 Å². The Bertz CT molecular complexity index is 4400. The lowest BCUT2D eigenvalue weighted by Gasteiger charge is -2.36. The lowest BCUT2D eigenvalue weighted by Crippen LogP contribution is -2.48. The maximum absolute atomic E-state index is 15.8. The third kappa shape index (κ3) is 18.6. The average molecular weight is 1530 g/mol. The number of aliphatic hydroxyl groups is 1. The Balaban J connectivity index is 0.000000204. The summed E-state index contributed by atoms with van der Waals surface area (Å²) in [5.41, 5.74) is -8.18. The maximum atomic E-state index is 15.8. The fourth-order valence-electron chi connectivity index (χ4n) is 9.76. The summed E-state index contributed by atoms with van der Waals surface area (Å²) in [6.07, 6.45) is -3.45. The summed E-state index contributed by atoms with van der Waals surface area (Å²) in [6.45, 7) is -2.72. The topological polar surface area (TPSA) is 174 Å². The van der Waals surface area contributed by atoms with Gasteiger partial charge in [0, 0.05) is 69.1 Å². The molecule has 2 fully saturated rings. The van der Waals surface area contributed by atoms with E-state index in [1.165, 1.54) is 72.9 Å². The minimum Gasteiger partial charge on any atom is -0.484 e.